The van der Waals surface area contributed by atoms with Crippen molar-refractivity contribution >= 4 is 27.4 Å². The van der Waals surface area contributed by atoms with E-state index in [0.717, 1.165) is 29.1 Å². The van der Waals surface area contributed by atoms with Crippen LogP contribution < -0.4 is 10.6 Å². The number of rotatable bonds is 3. The maximum atomic E-state index is 4.41. The Morgan fingerprint density at radius 1 is 1.45 bits per heavy atom. The maximum Gasteiger partial charge on any atom is 0.138 e. The van der Waals surface area contributed by atoms with E-state index in [0.29, 0.717) is 11.5 Å². The molecule has 1 fully saturated rings. The fraction of sp³-hybridized carbons (Fsp3) is 0.600. The van der Waals surface area contributed by atoms with Crippen molar-refractivity contribution in [3.8, 4) is 0 Å². The Labute approximate surface area is 124 Å². The first-order valence-corrected chi connectivity index (χ1v) is 8.06. The molecule has 4 nitrogen and oxygen atoms in total. The van der Waals surface area contributed by atoms with Crippen molar-refractivity contribution < 1.29 is 0 Å². The van der Waals surface area contributed by atoms with Crippen LogP contribution in [0.5, 0.6) is 0 Å². The highest BCUT2D eigenvalue weighted by atomic mass is 32.1. The largest absolute Gasteiger partial charge is 0.368 e. The van der Waals surface area contributed by atoms with Crippen LogP contribution in [0.3, 0.4) is 0 Å². The summed E-state index contributed by atoms with van der Waals surface area (Å²) in [6.45, 7) is 8.83. The second-order valence-corrected chi connectivity index (χ2v) is 7.51. The standard InChI is InChI=1S/C15H22N4S/c1-10-7-11-13(18-9-19-14(11)20-10)17-8-12-15(2,3)5-4-6-16-12/h7,9,12,16H,4-6,8H2,1-3H3,(H,17,18,19). The van der Waals surface area contributed by atoms with Crippen LogP contribution in [-0.2, 0) is 0 Å². The molecule has 0 aliphatic carbocycles. The second kappa shape index (κ2) is 5.30. The molecule has 0 saturated carbocycles. The monoisotopic (exact) mass is 290 g/mol. The predicted octanol–water partition coefficient (Wildman–Crippen LogP) is 3.19. The van der Waals surface area contributed by atoms with Gasteiger partial charge in [-0.15, -0.1) is 11.3 Å². The van der Waals surface area contributed by atoms with Crippen LogP contribution in [0.1, 0.15) is 31.6 Å². The lowest BCUT2D eigenvalue weighted by molar-refractivity contribution is 0.188. The van der Waals surface area contributed by atoms with E-state index < -0.39 is 0 Å². The predicted molar refractivity (Wildman–Crippen MR) is 85.4 cm³/mol. The Morgan fingerprint density at radius 2 is 2.30 bits per heavy atom. The smallest absolute Gasteiger partial charge is 0.138 e. The highest BCUT2D eigenvalue weighted by molar-refractivity contribution is 7.18. The molecule has 1 saturated heterocycles. The number of fused-ring (bicyclic) bond motifs is 1. The molecule has 2 aromatic rings. The van der Waals surface area contributed by atoms with Crippen molar-refractivity contribution in [2.75, 3.05) is 18.4 Å². The Morgan fingerprint density at radius 3 is 3.10 bits per heavy atom. The third-order valence-electron chi connectivity index (χ3n) is 4.26. The molecule has 0 radical (unpaired) electrons. The summed E-state index contributed by atoms with van der Waals surface area (Å²) in [6, 6.07) is 2.66. The molecule has 1 atom stereocenters. The van der Waals surface area contributed by atoms with Gasteiger partial charge in [-0.25, -0.2) is 9.97 Å². The number of thiophene rings is 1. The molecular formula is C15H22N4S. The van der Waals surface area contributed by atoms with E-state index in [9.17, 15) is 0 Å². The average Bonchev–Trinajstić information content (AvgIpc) is 2.78. The summed E-state index contributed by atoms with van der Waals surface area (Å²) in [6.07, 6.45) is 4.20. The molecule has 3 heterocycles. The van der Waals surface area contributed by atoms with Gasteiger partial charge in [0.15, 0.2) is 0 Å². The topological polar surface area (TPSA) is 49.8 Å². The maximum absolute atomic E-state index is 4.41. The Bertz CT molecular complexity index is 605. The van der Waals surface area contributed by atoms with Gasteiger partial charge in [-0.05, 0) is 37.8 Å². The van der Waals surface area contributed by atoms with Gasteiger partial charge in [0.25, 0.3) is 0 Å². The number of nitrogens with zero attached hydrogens (tertiary/aromatic N) is 2. The summed E-state index contributed by atoms with van der Waals surface area (Å²) >= 11 is 1.72. The first-order chi connectivity index (χ1) is 9.56. The molecule has 1 aliphatic rings. The molecule has 1 unspecified atom stereocenters. The minimum absolute atomic E-state index is 0.335. The minimum Gasteiger partial charge on any atom is -0.368 e. The average molecular weight is 290 g/mol. The molecule has 0 spiro atoms. The van der Waals surface area contributed by atoms with Crippen LogP contribution in [0.2, 0.25) is 0 Å². The van der Waals surface area contributed by atoms with Gasteiger partial charge in [0, 0.05) is 17.5 Å². The van der Waals surface area contributed by atoms with Gasteiger partial charge in [0.2, 0.25) is 0 Å². The molecule has 0 amide bonds. The minimum atomic E-state index is 0.335. The number of anilines is 1. The van der Waals surface area contributed by atoms with Gasteiger partial charge in [0.1, 0.15) is 17.0 Å². The van der Waals surface area contributed by atoms with Gasteiger partial charge in [0.05, 0.1) is 5.39 Å². The van der Waals surface area contributed by atoms with Gasteiger partial charge < -0.3 is 10.6 Å². The van der Waals surface area contributed by atoms with Crippen LogP contribution in [0.25, 0.3) is 10.2 Å². The summed E-state index contributed by atoms with van der Waals surface area (Å²) in [5.74, 6) is 0.961. The molecule has 2 N–H and O–H groups in total. The highest BCUT2D eigenvalue weighted by Gasteiger charge is 2.31. The fourth-order valence-corrected chi connectivity index (χ4v) is 3.78. The van der Waals surface area contributed by atoms with Crippen molar-refractivity contribution in [3.05, 3.63) is 17.3 Å². The number of aryl methyl sites for hydroxylation is 1. The van der Waals surface area contributed by atoms with E-state index >= 15 is 0 Å². The normalized spacial score (nSPS) is 22.1. The van der Waals surface area contributed by atoms with Gasteiger partial charge in [-0.2, -0.15) is 0 Å². The van der Waals surface area contributed by atoms with Crippen molar-refractivity contribution in [2.45, 2.75) is 39.7 Å². The lowest BCUT2D eigenvalue weighted by Gasteiger charge is -2.39. The number of aromatic nitrogens is 2. The Kier molecular flexibility index (Phi) is 3.65. The van der Waals surface area contributed by atoms with Crippen LogP contribution in [0.4, 0.5) is 5.82 Å². The molecule has 3 rings (SSSR count). The van der Waals surface area contributed by atoms with E-state index in [4.69, 9.17) is 0 Å². The Balaban J connectivity index is 1.76. The number of hydrogen-bond acceptors (Lipinski definition) is 5. The van der Waals surface area contributed by atoms with E-state index in [2.05, 4.69) is 47.4 Å². The van der Waals surface area contributed by atoms with Crippen LogP contribution in [0.15, 0.2) is 12.4 Å². The van der Waals surface area contributed by atoms with Crippen LogP contribution >= 0.6 is 11.3 Å². The van der Waals surface area contributed by atoms with Crippen LogP contribution in [0, 0.1) is 12.3 Å². The van der Waals surface area contributed by atoms with E-state index in [1.54, 1.807) is 17.7 Å². The quantitative estimate of drug-likeness (QED) is 0.911. The Hall–Kier alpha value is -1.20. The molecule has 0 aromatic carbocycles. The summed E-state index contributed by atoms with van der Waals surface area (Å²) in [5.41, 5.74) is 0.335. The summed E-state index contributed by atoms with van der Waals surface area (Å²) in [7, 11) is 0. The molecule has 20 heavy (non-hydrogen) atoms. The third kappa shape index (κ3) is 2.65. The van der Waals surface area contributed by atoms with E-state index in [1.807, 2.05) is 0 Å². The number of hydrogen-bond donors (Lipinski definition) is 2. The van der Waals surface area contributed by atoms with E-state index in [1.165, 1.54) is 17.7 Å². The number of piperidine rings is 1. The zero-order valence-electron chi connectivity index (χ0n) is 12.4. The zero-order chi connectivity index (χ0) is 14.2. The van der Waals surface area contributed by atoms with Crippen molar-refractivity contribution in [3.63, 3.8) is 0 Å². The first kappa shape index (κ1) is 13.8. The SMILES string of the molecule is Cc1cc2c(NCC3NCCCC3(C)C)ncnc2s1. The molecule has 108 valence electrons. The first-order valence-electron chi connectivity index (χ1n) is 7.25. The van der Waals surface area contributed by atoms with Crippen molar-refractivity contribution in [2.24, 2.45) is 5.41 Å². The number of nitrogens with one attached hydrogen (secondary N) is 2. The highest BCUT2D eigenvalue weighted by Crippen LogP contribution is 2.31. The van der Waals surface area contributed by atoms with Gasteiger partial charge in [-0.1, -0.05) is 13.8 Å². The molecule has 0 bridgehead atoms. The molecule has 1 aliphatic heterocycles. The van der Waals surface area contributed by atoms with Gasteiger partial charge in [-0.3, -0.25) is 0 Å². The summed E-state index contributed by atoms with van der Waals surface area (Å²) in [4.78, 5) is 11.1. The fourth-order valence-electron chi connectivity index (χ4n) is 2.93. The van der Waals surface area contributed by atoms with E-state index in [-0.39, 0.29) is 0 Å². The summed E-state index contributed by atoms with van der Waals surface area (Å²) in [5, 5.41) is 8.29. The second-order valence-electron chi connectivity index (χ2n) is 6.28. The zero-order valence-corrected chi connectivity index (χ0v) is 13.2. The van der Waals surface area contributed by atoms with Crippen molar-refractivity contribution in [1.29, 1.82) is 0 Å². The van der Waals surface area contributed by atoms with Gasteiger partial charge >= 0.3 is 0 Å². The third-order valence-corrected chi connectivity index (χ3v) is 5.22. The molecule has 5 heteroatoms. The molecule has 2 aromatic heterocycles. The lowest BCUT2D eigenvalue weighted by atomic mass is 9.77. The summed E-state index contributed by atoms with van der Waals surface area (Å²) < 4.78 is 0. The lowest BCUT2D eigenvalue weighted by Crippen LogP contribution is -2.50. The van der Waals surface area contributed by atoms with Crippen molar-refractivity contribution in [1.82, 2.24) is 15.3 Å². The van der Waals surface area contributed by atoms with Crippen LogP contribution in [-0.4, -0.2) is 29.1 Å². The molecular weight excluding hydrogens is 268 g/mol.